The summed E-state index contributed by atoms with van der Waals surface area (Å²) in [5.74, 6) is 0.155. The molecule has 0 aliphatic carbocycles. The van der Waals surface area contributed by atoms with Gasteiger partial charge in [-0.25, -0.2) is 9.59 Å². The van der Waals surface area contributed by atoms with Crippen molar-refractivity contribution in [3.63, 3.8) is 0 Å². The van der Waals surface area contributed by atoms with E-state index in [0.717, 1.165) is 12.8 Å². The van der Waals surface area contributed by atoms with E-state index in [1.807, 2.05) is 6.92 Å². The number of quaternary nitrogens is 1. The number of hydrogen-bond donors (Lipinski definition) is 2. The zero-order valence-electron chi connectivity index (χ0n) is 9.27. The number of nitrogens with zero attached hydrogens (tertiary/aromatic N) is 1. The van der Waals surface area contributed by atoms with E-state index in [-0.39, 0.29) is 22.3 Å². The molecule has 0 aromatic rings. The van der Waals surface area contributed by atoms with Crippen molar-refractivity contribution in [2.24, 2.45) is 11.7 Å². The largest absolute Gasteiger partial charge is 0.421 e. The maximum absolute atomic E-state index is 12.2. The molecule has 4 nitrogen and oxygen atoms in total. The molecule has 1 fully saturated rings. The normalized spacial score (nSPS) is 32.6. The molecule has 0 radical (unpaired) electrons. The molecule has 2 N–H and O–H groups in total. The first-order valence-corrected chi connectivity index (χ1v) is 5.93. The van der Waals surface area contributed by atoms with Gasteiger partial charge < -0.3 is 5.73 Å². The first kappa shape index (κ1) is 12.5. The van der Waals surface area contributed by atoms with Gasteiger partial charge in [-0.1, -0.05) is 0 Å². The van der Waals surface area contributed by atoms with Gasteiger partial charge in [0.2, 0.25) is 0 Å². The van der Waals surface area contributed by atoms with Gasteiger partial charge in [0.1, 0.15) is 6.04 Å². The maximum Gasteiger partial charge on any atom is 0.421 e. The van der Waals surface area contributed by atoms with Gasteiger partial charge in [-0.05, 0) is 13.8 Å². The van der Waals surface area contributed by atoms with Crippen LogP contribution in [0.3, 0.4) is 0 Å². The Bertz CT molecular complexity index is 283. The Morgan fingerprint density at radius 2 is 2.20 bits per heavy atom. The second-order valence-electron chi connectivity index (χ2n) is 4.34. The zero-order valence-corrected chi connectivity index (χ0v) is 10.2. The monoisotopic (exact) mass is 231 g/mol. The number of thiol groups is 1. The number of primary amides is 1. The fourth-order valence-electron chi connectivity index (χ4n) is 2.31. The van der Waals surface area contributed by atoms with Gasteiger partial charge in [-0.15, -0.1) is 0 Å². The van der Waals surface area contributed by atoms with Crippen LogP contribution >= 0.6 is 12.6 Å². The number of carbonyl (C=O) groups excluding carboxylic acids is 2. The molecule has 1 aliphatic rings. The number of imide groups is 1. The summed E-state index contributed by atoms with van der Waals surface area (Å²) in [5, 5.41) is 0. The third kappa shape index (κ3) is 1.90. The highest BCUT2D eigenvalue weighted by molar-refractivity contribution is 7.80. The molecule has 1 aliphatic heterocycles. The first-order chi connectivity index (χ1) is 6.96. The molecule has 0 saturated carbocycles. The fourth-order valence-corrected chi connectivity index (χ4v) is 2.47. The Balaban J connectivity index is 3.02. The van der Waals surface area contributed by atoms with Crippen LogP contribution in [0.2, 0.25) is 0 Å². The van der Waals surface area contributed by atoms with Gasteiger partial charge in [-0.2, -0.15) is 17.1 Å². The molecule has 5 heteroatoms. The average Bonchev–Trinajstić information content (AvgIpc) is 2.58. The number of amides is 3. The lowest BCUT2D eigenvalue weighted by Gasteiger charge is -2.32. The lowest BCUT2D eigenvalue weighted by molar-refractivity contribution is -0.785. The van der Waals surface area contributed by atoms with Crippen molar-refractivity contribution in [2.75, 3.05) is 12.3 Å². The van der Waals surface area contributed by atoms with E-state index in [9.17, 15) is 9.59 Å². The molecule has 3 amide bonds. The maximum atomic E-state index is 12.2. The van der Waals surface area contributed by atoms with Crippen LogP contribution in [0.15, 0.2) is 0 Å². The Kier molecular flexibility index (Phi) is 3.78. The summed E-state index contributed by atoms with van der Waals surface area (Å²) >= 11 is 4.10. The van der Waals surface area contributed by atoms with Crippen molar-refractivity contribution < 1.29 is 14.1 Å². The molecule has 0 aromatic carbocycles. The van der Waals surface area contributed by atoms with Gasteiger partial charge in [0.25, 0.3) is 0 Å². The SMILES string of the molecule is CC(CS)C(=O)[N+]1(C(N)=O)CCC[C@H]1C. The van der Waals surface area contributed by atoms with Crippen molar-refractivity contribution in [3.8, 4) is 0 Å². The van der Waals surface area contributed by atoms with Gasteiger partial charge in [0.05, 0.1) is 12.5 Å². The van der Waals surface area contributed by atoms with Crippen molar-refractivity contribution in [3.05, 3.63) is 0 Å². The van der Waals surface area contributed by atoms with Gasteiger partial charge in [-0.3, -0.25) is 0 Å². The molecule has 3 atom stereocenters. The predicted molar refractivity (Wildman–Crippen MR) is 61.4 cm³/mol. The van der Waals surface area contributed by atoms with E-state index in [4.69, 9.17) is 5.73 Å². The molecule has 0 aromatic heterocycles. The smallest absolute Gasteiger partial charge is 0.318 e. The van der Waals surface area contributed by atoms with Gasteiger partial charge >= 0.3 is 11.9 Å². The molecule has 1 heterocycles. The fraction of sp³-hybridized carbons (Fsp3) is 0.800. The predicted octanol–water partition coefficient (Wildman–Crippen LogP) is 1.16. The van der Waals surface area contributed by atoms with E-state index in [0.29, 0.717) is 12.3 Å². The molecular weight excluding hydrogens is 212 g/mol. The van der Waals surface area contributed by atoms with Crippen LogP contribution in [0, 0.1) is 5.92 Å². The molecule has 0 bridgehead atoms. The summed E-state index contributed by atoms with van der Waals surface area (Å²) in [7, 11) is 0. The third-order valence-corrected chi connectivity index (χ3v) is 3.91. The van der Waals surface area contributed by atoms with Crippen LogP contribution in [-0.4, -0.2) is 34.8 Å². The number of rotatable bonds is 2. The molecule has 86 valence electrons. The Hall–Kier alpha value is -0.550. The second kappa shape index (κ2) is 4.53. The molecule has 2 unspecified atom stereocenters. The van der Waals surface area contributed by atoms with Gasteiger partial charge in [0, 0.05) is 18.6 Å². The lowest BCUT2D eigenvalue weighted by Crippen LogP contribution is -2.63. The van der Waals surface area contributed by atoms with E-state index < -0.39 is 6.03 Å². The minimum atomic E-state index is -0.515. The minimum absolute atomic E-state index is 0.0114. The highest BCUT2D eigenvalue weighted by atomic mass is 32.1. The Labute approximate surface area is 95.8 Å². The molecule has 15 heavy (non-hydrogen) atoms. The van der Waals surface area contributed by atoms with E-state index in [1.165, 1.54) is 0 Å². The second-order valence-corrected chi connectivity index (χ2v) is 4.71. The quantitative estimate of drug-likeness (QED) is 0.553. The van der Waals surface area contributed by atoms with Crippen LogP contribution in [0.1, 0.15) is 26.7 Å². The summed E-state index contributed by atoms with van der Waals surface area (Å²) in [6.45, 7) is 4.26. The van der Waals surface area contributed by atoms with Crippen LogP contribution < -0.4 is 5.73 Å². The highest BCUT2D eigenvalue weighted by Gasteiger charge is 2.52. The molecule has 1 rings (SSSR count). The number of likely N-dealkylation sites (tertiary alicyclic amines) is 1. The number of hydrogen-bond acceptors (Lipinski definition) is 3. The van der Waals surface area contributed by atoms with Crippen LogP contribution in [0.4, 0.5) is 4.79 Å². The van der Waals surface area contributed by atoms with Crippen molar-refractivity contribution in [1.29, 1.82) is 0 Å². The highest BCUT2D eigenvalue weighted by Crippen LogP contribution is 2.29. The first-order valence-electron chi connectivity index (χ1n) is 5.29. The minimum Gasteiger partial charge on any atom is -0.318 e. The Morgan fingerprint density at radius 3 is 2.53 bits per heavy atom. The molecule has 0 spiro atoms. The van der Waals surface area contributed by atoms with Crippen molar-refractivity contribution in [2.45, 2.75) is 32.7 Å². The molecule has 1 saturated heterocycles. The summed E-state index contributed by atoms with van der Waals surface area (Å²) in [4.78, 5) is 23.7. The summed E-state index contributed by atoms with van der Waals surface area (Å²) in [6, 6.07) is -0.504. The van der Waals surface area contributed by atoms with E-state index >= 15 is 0 Å². The zero-order chi connectivity index (χ0) is 11.6. The number of carbonyl (C=O) groups is 2. The summed E-state index contributed by atoms with van der Waals surface area (Å²) in [6.07, 6.45) is 1.77. The summed E-state index contributed by atoms with van der Waals surface area (Å²) in [5.41, 5.74) is 5.40. The standard InChI is InChI=1S/C10H18N2O2S/c1-7(6-15)9(13)12(10(11)14)5-3-4-8(12)2/h7-8H,3-6H2,1-2H3,(H2-,11,14,15)/p+1/t7?,8-,12?/m1/s1. The molecular formula is C10H19N2O2S+. The lowest BCUT2D eigenvalue weighted by atomic mass is 10.1. The van der Waals surface area contributed by atoms with E-state index in [2.05, 4.69) is 12.6 Å². The Morgan fingerprint density at radius 1 is 1.60 bits per heavy atom. The topological polar surface area (TPSA) is 60.2 Å². The number of urea groups is 1. The number of nitrogens with two attached hydrogens (primary N) is 1. The van der Waals surface area contributed by atoms with Crippen LogP contribution in [-0.2, 0) is 4.79 Å². The van der Waals surface area contributed by atoms with Gasteiger partial charge in [0.15, 0.2) is 0 Å². The summed E-state index contributed by atoms with van der Waals surface area (Å²) < 4.78 is -0.179. The van der Waals surface area contributed by atoms with Crippen LogP contribution in [0.5, 0.6) is 0 Å². The average molecular weight is 231 g/mol. The van der Waals surface area contributed by atoms with Crippen LogP contribution in [0.25, 0.3) is 0 Å². The van der Waals surface area contributed by atoms with Crippen molar-refractivity contribution in [1.82, 2.24) is 0 Å². The van der Waals surface area contributed by atoms with E-state index in [1.54, 1.807) is 6.92 Å². The van der Waals surface area contributed by atoms with Crippen molar-refractivity contribution >= 4 is 24.6 Å². The third-order valence-electron chi connectivity index (χ3n) is 3.37.